The lowest BCUT2D eigenvalue weighted by molar-refractivity contribution is 1.21. The summed E-state index contributed by atoms with van der Waals surface area (Å²) in [5.74, 6) is -0.0526. The molecule has 6 heteroatoms. The Kier molecular flexibility index (Phi) is 4.12. The molecule has 90 valence electrons. The molecule has 1 aromatic heterocycles. The van der Waals surface area contributed by atoms with Crippen LogP contribution < -0.4 is 11.5 Å². The summed E-state index contributed by atoms with van der Waals surface area (Å²) in [6.45, 7) is 2.05. The van der Waals surface area contributed by atoms with Crippen LogP contribution in [0.3, 0.4) is 0 Å². The number of H-pyrrole nitrogens is 1. The first-order valence-corrected chi connectivity index (χ1v) is 4.86. The van der Waals surface area contributed by atoms with Crippen LogP contribution >= 0.6 is 12.4 Å². The average molecular weight is 252 g/mol. The highest BCUT2D eigenvalue weighted by Crippen LogP contribution is 2.15. The fourth-order valence-corrected chi connectivity index (χ4v) is 1.49. The van der Waals surface area contributed by atoms with Crippen molar-refractivity contribution < 1.29 is 0 Å². The van der Waals surface area contributed by atoms with Crippen LogP contribution in [0, 0.1) is 6.92 Å². The monoisotopic (exact) mass is 251 g/mol. The van der Waals surface area contributed by atoms with E-state index in [1.807, 2.05) is 13.0 Å². The number of nitrogens with two attached hydrogens (primary N) is 2. The van der Waals surface area contributed by atoms with Gasteiger partial charge in [-0.15, -0.1) is 17.5 Å². The Bertz CT molecular complexity index is 566. The predicted molar refractivity (Wildman–Crippen MR) is 73.7 cm³/mol. The van der Waals surface area contributed by atoms with Gasteiger partial charge in [0.15, 0.2) is 0 Å². The normalized spacial score (nSPS) is 10.4. The van der Waals surface area contributed by atoms with Crippen molar-refractivity contribution in [3.05, 3.63) is 35.5 Å². The fourth-order valence-electron chi connectivity index (χ4n) is 1.49. The zero-order valence-corrected chi connectivity index (χ0v) is 10.2. The van der Waals surface area contributed by atoms with Crippen molar-refractivity contribution in [2.75, 3.05) is 0 Å². The second kappa shape index (κ2) is 5.36. The molecule has 5 nitrogen and oxygen atoms in total. The standard InChI is InChI=1S/C11H13N5.ClH/c1-7-2-3-8-5-9(15-10(8)4-7)6-14-16-11(12)13;/h2-6,15H,1H3,(H4,12,13,16);1H/b14-6+;. The average Bonchev–Trinajstić information content (AvgIpc) is 2.58. The van der Waals surface area contributed by atoms with E-state index in [9.17, 15) is 0 Å². The van der Waals surface area contributed by atoms with Crippen molar-refractivity contribution in [2.45, 2.75) is 6.92 Å². The maximum Gasteiger partial charge on any atom is 0.211 e. The summed E-state index contributed by atoms with van der Waals surface area (Å²) in [5.41, 5.74) is 13.5. The molecule has 0 aliphatic heterocycles. The van der Waals surface area contributed by atoms with Crippen molar-refractivity contribution in [2.24, 2.45) is 21.7 Å². The molecule has 0 spiro atoms. The first-order valence-electron chi connectivity index (χ1n) is 4.86. The molecule has 0 bridgehead atoms. The minimum absolute atomic E-state index is 0. The summed E-state index contributed by atoms with van der Waals surface area (Å²) in [7, 11) is 0. The van der Waals surface area contributed by atoms with Gasteiger partial charge in [-0.2, -0.15) is 5.10 Å². The lowest BCUT2D eigenvalue weighted by Gasteiger charge is -1.90. The number of rotatable bonds is 2. The van der Waals surface area contributed by atoms with E-state index in [1.165, 1.54) is 5.56 Å². The lowest BCUT2D eigenvalue weighted by Crippen LogP contribution is -2.21. The van der Waals surface area contributed by atoms with Crippen LogP contribution in [0.1, 0.15) is 11.3 Å². The van der Waals surface area contributed by atoms with E-state index >= 15 is 0 Å². The SMILES string of the molecule is Cc1ccc2cc(/C=N/N=C(N)N)[nH]c2c1.Cl. The molecule has 2 aromatic rings. The van der Waals surface area contributed by atoms with Crippen molar-refractivity contribution >= 4 is 35.5 Å². The molecule has 0 aliphatic rings. The van der Waals surface area contributed by atoms with Crippen molar-refractivity contribution in [1.82, 2.24) is 4.98 Å². The van der Waals surface area contributed by atoms with Gasteiger partial charge in [0.2, 0.25) is 5.96 Å². The summed E-state index contributed by atoms with van der Waals surface area (Å²) in [4.78, 5) is 3.21. The van der Waals surface area contributed by atoms with Gasteiger partial charge in [0, 0.05) is 10.9 Å². The van der Waals surface area contributed by atoms with Crippen LogP contribution in [0.25, 0.3) is 10.9 Å². The highest BCUT2D eigenvalue weighted by molar-refractivity contribution is 5.90. The van der Waals surface area contributed by atoms with Gasteiger partial charge in [0.1, 0.15) is 0 Å². The molecule has 1 aromatic carbocycles. The van der Waals surface area contributed by atoms with Gasteiger partial charge < -0.3 is 16.5 Å². The zero-order chi connectivity index (χ0) is 11.5. The third-order valence-electron chi connectivity index (χ3n) is 2.17. The maximum absolute atomic E-state index is 5.16. The third-order valence-corrected chi connectivity index (χ3v) is 2.17. The number of hydrogen-bond donors (Lipinski definition) is 3. The van der Waals surface area contributed by atoms with Crippen LogP contribution in [0.5, 0.6) is 0 Å². The smallest absolute Gasteiger partial charge is 0.211 e. The van der Waals surface area contributed by atoms with Gasteiger partial charge in [0.05, 0.1) is 11.9 Å². The molecule has 0 fully saturated rings. The lowest BCUT2D eigenvalue weighted by atomic mass is 10.2. The number of hydrogen-bond acceptors (Lipinski definition) is 2. The number of guanidine groups is 1. The number of halogens is 1. The zero-order valence-electron chi connectivity index (χ0n) is 9.34. The summed E-state index contributed by atoms with van der Waals surface area (Å²) in [6.07, 6.45) is 1.58. The molecule has 1 heterocycles. The second-order valence-electron chi connectivity index (χ2n) is 3.58. The molecule has 0 saturated carbocycles. The van der Waals surface area contributed by atoms with Gasteiger partial charge >= 0.3 is 0 Å². The number of aromatic nitrogens is 1. The first-order chi connectivity index (χ1) is 7.65. The van der Waals surface area contributed by atoms with Crippen molar-refractivity contribution in [3.63, 3.8) is 0 Å². The van der Waals surface area contributed by atoms with E-state index in [4.69, 9.17) is 11.5 Å². The van der Waals surface area contributed by atoms with Gasteiger partial charge in [-0.3, -0.25) is 0 Å². The summed E-state index contributed by atoms with van der Waals surface area (Å²) >= 11 is 0. The third kappa shape index (κ3) is 3.22. The Hall–Kier alpha value is -2.01. The largest absolute Gasteiger partial charge is 0.369 e. The second-order valence-corrected chi connectivity index (χ2v) is 3.58. The molecule has 0 radical (unpaired) electrons. The maximum atomic E-state index is 5.16. The van der Waals surface area contributed by atoms with Gasteiger partial charge in [-0.1, -0.05) is 12.1 Å². The Morgan fingerprint density at radius 2 is 2.06 bits per heavy atom. The molecule has 0 atom stereocenters. The Labute approximate surface area is 105 Å². The molecule has 17 heavy (non-hydrogen) atoms. The van der Waals surface area contributed by atoms with Crippen LogP contribution in [-0.2, 0) is 0 Å². The van der Waals surface area contributed by atoms with E-state index in [2.05, 4.69) is 33.4 Å². The van der Waals surface area contributed by atoms with E-state index in [1.54, 1.807) is 6.21 Å². The molecule has 0 aliphatic carbocycles. The summed E-state index contributed by atoms with van der Waals surface area (Å²) in [6, 6.07) is 8.18. The molecule has 0 unspecified atom stereocenters. The molecule has 0 saturated heterocycles. The van der Waals surface area contributed by atoms with Crippen LogP contribution in [0.4, 0.5) is 0 Å². The van der Waals surface area contributed by atoms with Crippen molar-refractivity contribution in [1.29, 1.82) is 0 Å². The number of fused-ring (bicyclic) bond motifs is 1. The van der Waals surface area contributed by atoms with E-state index in [-0.39, 0.29) is 18.4 Å². The molecular weight excluding hydrogens is 238 g/mol. The predicted octanol–water partition coefficient (Wildman–Crippen LogP) is 1.51. The Balaban J connectivity index is 0.00000144. The number of benzene rings is 1. The van der Waals surface area contributed by atoms with Gasteiger partial charge in [-0.05, 0) is 24.6 Å². The Morgan fingerprint density at radius 3 is 2.76 bits per heavy atom. The van der Waals surface area contributed by atoms with Gasteiger partial charge in [-0.25, -0.2) is 0 Å². The molecule has 5 N–H and O–H groups in total. The molecule has 0 amide bonds. The quantitative estimate of drug-likeness (QED) is 0.429. The van der Waals surface area contributed by atoms with Crippen LogP contribution in [0.2, 0.25) is 0 Å². The Morgan fingerprint density at radius 1 is 1.29 bits per heavy atom. The van der Waals surface area contributed by atoms with Gasteiger partial charge in [0.25, 0.3) is 0 Å². The fraction of sp³-hybridized carbons (Fsp3) is 0.0909. The topological polar surface area (TPSA) is 92.5 Å². The minimum atomic E-state index is -0.0526. The van der Waals surface area contributed by atoms with E-state index in [0.29, 0.717) is 0 Å². The number of aryl methyl sites for hydroxylation is 1. The highest BCUT2D eigenvalue weighted by atomic mass is 35.5. The summed E-state index contributed by atoms with van der Waals surface area (Å²) < 4.78 is 0. The summed E-state index contributed by atoms with van der Waals surface area (Å²) in [5, 5.41) is 8.41. The number of aromatic amines is 1. The van der Waals surface area contributed by atoms with E-state index < -0.39 is 0 Å². The van der Waals surface area contributed by atoms with Crippen LogP contribution in [-0.4, -0.2) is 17.2 Å². The molecular formula is C11H14ClN5. The van der Waals surface area contributed by atoms with E-state index in [0.717, 1.165) is 16.6 Å². The minimum Gasteiger partial charge on any atom is -0.369 e. The molecule has 2 rings (SSSR count). The number of nitrogens with one attached hydrogen (secondary N) is 1. The highest BCUT2D eigenvalue weighted by Gasteiger charge is 1.98. The first kappa shape index (κ1) is 13.1. The number of nitrogens with zero attached hydrogens (tertiary/aromatic N) is 2. The van der Waals surface area contributed by atoms with Crippen molar-refractivity contribution in [3.8, 4) is 0 Å². The van der Waals surface area contributed by atoms with Crippen LogP contribution in [0.15, 0.2) is 34.5 Å².